The Morgan fingerprint density at radius 3 is 2.17 bits per heavy atom. The molecule has 4 aliphatic heterocycles. The summed E-state index contributed by atoms with van der Waals surface area (Å²) in [5.41, 5.74) is 0. The van der Waals surface area contributed by atoms with E-state index in [9.17, 15) is 84.6 Å². The minimum absolute atomic E-state index is 0.0193. The topological polar surface area (TPSA) is 404 Å². The highest BCUT2D eigenvalue weighted by Crippen LogP contribution is 2.41. The van der Waals surface area contributed by atoms with E-state index in [1.165, 1.54) is 18.7 Å². The van der Waals surface area contributed by atoms with Gasteiger partial charge in [-0.05, 0) is 26.0 Å². The zero-order valence-electron chi connectivity index (χ0n) is 39.2. The van der Waals surface area contributed by atoms with Crippen LogP contribution in [0.25, 0.3) is 0 Å². The zero-order chi connectivity index (χ0) is 52.0. The maximum Gasteiger partial charge on any atom is 0.364 e. The highest BCUT2D eigenvalue weighted by atomic mass is 32.2. The molecule has 27 heteroatoms. The molecule has 0 spiro atoms. The Morgan fingerprint density at radius 2 is 1.56 bits per heavy atom. The van der Waals surface area contributed by atoms with Gasteiger partial charge in [-0.3, -0.25) is 33.7 Å². The molecule has 400 valence electrons. The molecule has 4 amide bonds. The van der Waals surface area contributed by atoms with Crippen molar-refractivity contribution in [2.75, 3.05) is 52.4 Å². The zero-order valence-corrected chi connectivity index (χ0v) is 40.0. The van der Waals surface area contributed by atoms with Crippen LogP contribution in [0.1, 0.15) is 71.6 Å². The van der Waals surface area contributed by atoms with Gasteiger partial charge in [-0.15, -0.1) is 0 Å². The Kier molecular flexibility index (Phi) is 23.4. The molecule has 4 heterocycles. The SMILES string of the molecule is CSC1CC(=O)N(CCC(=O)CCCCCOCCC(=O)NCC(=O)CC2C(O)CC(O[C@@H]3[C@H](O)C(O[C@@H]4[C@H](NC(C)=O)C(C)OC(CO)[C@@H]4O)OC(CO)[C@@H]3O)(C(=O)O)OC2C(O)[C@H](O)CO)C1=O. The average molecular weight is 1030 g/mol. The van der Waals surface area contributed by atoms with Gasteiger partial charge in [0, 0.05) is 64.5 Å². The number of ketones is 2. The number of likely N-dealkylation sites (tertiary alicyclic amines) is 1. The van der Waals surface area contributed by atoms with E-state index in [0.29, 0.717) is 19.3 Å². The summed E-state index contributed by atoms with van der Waals surface area (Å²) in [4.78, 5) is 88.5. The fraction of sp³-hybridized carbons (Fsp3) is 0.837. The Bertz CT molecular complexity index is 1780. The van der Waals surface area contributed by atoms with E-state index in [2.05, 4.69) is 10.6 Å². The Morgan fingerprint density at radius 1 is 0.886 bits per heavy atom. The molecule has 0 aliphatic carbocycles. The lowest BCUT2D eigenvalue weighted by atomic mass is 9.80. The first kappa shape index (κ1) is 59.2. The summed E-state index contributed by atoms with van der Waals surface area (Å²) in [6.07, 6.45) is -21.5. The smallest absolute Gasteiger partial charge is 0.364 e. The third-order valence-electron chi connectivity index (χ3n) is 12.7. The van der Waals surface area contributed by atoms with Crippen molar-refractivity contribution in [3.05, 3.63) is 0 Å². The molecule has 0 aromatic heterocycles. The number of Topliss-reactive ketones (excluding diaryl/α,β-unsaturated/α-hetero) is 2. The highest BCUT2D eigenvalue weighted by molar-refractivity contribution is 8.00. The van der Waals surface area contributed by atoms with Crippen LogP contribution in [0.15, 0.2) is 0 Å². The molecule has 0 aromatic rings. The van der Waals surface area contributed by atoms with Crippen LogP contribution in [0.2, 0.25) is 0 Å². The van der Waals surface area contributed by atoms with E-state index in [-0.39, 0.29) is 63.0 Å². The fourth-order valence-electron chi connectivity index (χ4n) is 8.75. The Balaban J connectivity index is 1.32. The number of hydrogen-bond donors (Lipinski definition) is 12. The summed E-state index contributed by atoms with van der Waals surface area (Å²) in [5, 5.41) is 111. The van der Waals surface area contributed by atoms with Crippen molar-refractivity contribution in [3.8, 4) is 0 Å². The maximum atomic E-state index is 13.2. The molecule has 0 aromatic carbocycles. The largest absolute Gasteiger partial charge is 0.477 e. The molecule has 17 atom stereocenters. The van der Waals surface area contributed by atoms with Crippen molar-refractivity contribution < 1.29 is 113 Å². The number of rotatable bonds is 28. The van der Waals surface area contributed by atoms with E-state index in [4.69, 9.17) is 28.4 Å². The lowest BCUT2D eigenvalue weighted by Crippen LogP contribution is -2.69. The monoisotopic (exact) mass is 1030 g/mol. The molecule has 0 saturated carbocycles. The lowest BCUT2D eigenvalue weighted by molar-refractivity contribution is -0.381. The Labute approximate surface area is 407 Å². The molecule has 12 N–H and O–H groups in total. The summed E-state index contributed by atoms with van der Waals surface area (Å²) in [5.74, 6) is -9.18. The number of aliphatic hydroxyl groups excluding tert-OH is 9. The summed E-state index contributed by atoms with van der Waals surface area (Å²) >= 11 is 1.30. The molecule has 4 fully saturated rings. The van der Waals surface area contributed by atoms with Crippen LogP contribution < -0.4 is 10.6 Å². The number of carboxylic acids is 1. The second-order valence-corrected chi connectivity index (χ2v) is 18.8. The van der Waals surface area contributed by atoms with Crippen LogP contribution in [0.5, 0.6) is 0 Å². The number of carboxylic acid groups (broad SMARTS) is 1. The van der Waals surface area contributed by atoms with Crippen LogP contribution in [0, 0.1) is 5.92 Å². The molecule has 4 saturated heterocycles. The number of aliphatic carboxylic acids is 1. The normalized spacial score (nSPS) is 34.5. The number of carbonyl (C=O) groups excluding carboxylic acids is 6. The number of amides is 4. The number of nitrogens with zero attached hydrogens (tertiary/aromatic N) is 1. The van der Waals surface area contributed by atoms with Crippen LogP contribution >= 0.6 is 11.8 Å². The number of carbonyl (C=O) groups is 7. The predicted molar refractivity (Wildman–Crippen MR) is 236 cm³/mol. The van der Waals surface area contributed by atoms with Gasteiger partial charge in [-0.2, -0.15) is 11.8 Å². The standard InChI is InChI=1S/C43H69N3O23S/c1-20-32(45-21(2)50)38(34(58)27(18-48)65-20)67-41-36(60)39(35(59)28(19-49)66-41)69-43(42(62)63)15-25(53)24(37(68-43)33(57)26(54)17-47)13-23(52)16-44-30(55)9-12-64-11-6-4-5-7-22(51)8-10-46-31(56)14-29(70-3)40(46)61/h20,24-29,32-39,41,47-49,53-54,57-60H,4-19H2,1-3H3,(H,44,55)(H,45,50)(H,62,63)/t20?,24?,25?,26-,27?,28?,29?,32-,33?,34+,35+,36+,37?,38-,39+,41?,43?/m1/s1. The first-order chi connectivity index (χ1) is 33.1. The van der Waals surface area contributed by atoms with Crippen LogP contribution in [0.3, 0.4) is 0 Å². The number of imide groups is 1. The van der Waals surface area contributed by atoms with Crippen molar-refractivity contribution in [1.29, 1.82) is 0 Å². The van der Waals surface area contributed by atoms with E-state index in [1.807, 2.05) is 0 Å². The minimum Gasteiger partial charge on any atom is -0.477 e. The van der Waals surface area contributed by atoms with Crippen molar-refractivity contribution in [1.82, 2.24) is 15.5 Å². The molecule has 4 aliphatic rings. The number of unbranched alkanes of at least 4 members (excludes halogenated alkanes) is 2. The van der Waals surface area contributed by atoms with Gasteiger partial charge in [-0.1, -0.05) is 6.42 Å². The van der Waals surface area contributed by atoms with Gasteiger partial charge in [0.25, 0.3) is 5.79 Å². The quantitative estimate of drug-likeness (QED) is 0.0257. The molecule has 10 unspecified atom stereocenters. The minimum atomic E-state index is -3.11. The van der Waals surface area contributed by atoms with E-state index < -0.39 is 165 Å². The van der Waals surface area contributed by atoms with Gasteiger partial charge >= 0.3 is 5.97 Å². The summed E-state index contributed by atoms with van der Waals surface area (Å²) in [7, 11) is 0. The van der Waals surface area contributed by atoms with E-state index >= 15 is 0 Å². The summed E-state index contributed by atoms with van der Waals surface area (Å²) < 4.78 is 34.1. The van der Waals surface area contributed by atoms with Gasteiger partial charge in [0.15, 0.2) is 12.1 Å². The number of nitrogens with one attached hydrogen (secondary N) is 2. The number of thioether (sulfide) groups is 1. The maximum absolute atomic E-state index is 13.2. The van der Waals surface area contributed by atoms with Gasteiger partial charge in [-0.25, -0.2) is 4.79 Å². The fourth-order valence-corrected chi connectivity index (χ4v) is 9.39. The first-order valence-electron chi connectivity index (χ1n) is 23.1. The van der Waals surface area contributed by atoms with Gasteiger partial charge in [0.05, 0.1) is 62.6 Å². The molecular weight excluding hydrogens is 959 g/mol. The second-order valence-electron chi connectivity index (χ2n) is 17.8. The molecule has 26 nitrogen and oxygen atoms in total. The number of aliphatic hydroxyl groups is 9. The van der Waals surface area contributed by atoms with Gasteiger partial charge in [0.1, 0.15) is 60.7 Å². The molecule has 0 bridgehead atoms. The highest BCUT2D eigenvalue weighted by Gasteiger charge is 2.60. The molecule has 4 rings (SSSR count). The van der Waals surface area contributed by atoms with Crippen LogP contribution in [0.4, 0.5) is 0 Å². The third kappa shape index (κ3) is 15.3. The molecular formula is C43H69N3O23S. The third-order valence-corrected chi connectivity index (χ3v) is 13.6. The number of ether oxygens (including phenoxy) is 6. The lowest BCUT2D eigenvalue weighted by Gasteiger charge is -2.51. The van der Waals surface area contributed by atoms with Crippen molar-refractivity contribution in [3.63, 3.8) is 0 Å². The van der Waals surface area contributed by atoms with Gasteiger partial charge < -0.3 is 90.1 Å². The Hall–Kier alpha value is -3.36. The average Bonchev–Trinajstić information content (AvgIpc) is 3.60. The first-order valence-corrected chi connectivity index (χ1v) is 24.4. The van der Waals surface area contributed by atoms with E-state index in [1.54, 1.807) is 6.26 Å². The van der Waals surface area contributed by atoms with Crippen molar-refractivity contribution in [2.24, 2.45) is 5.92 Å². The molecule has 70 heavy (non-hydrogen) atoms. The van der Waals surface area contributed by atoms with Crippen LogP contribution in [-0.4, -0.2) is 246 Å². The summed E-state index contributed by atoms with van der Waals surface area (Å²) in [6.45, 7) is -0.444. The number of hydrogen-bond acceptors (Lipinski definition) is 23. The van der Waals surface area contributed by atoms with Crippen LogP contribution in [-0.2, 0) is 62.0 Å². The summed E-state index contributed by atoms with van der Waals surface area (Å²) in [6, 6.07) is -1.14. The van der Waals surface area contributed by atoms with Crippen molar-refractivity contribution in [2.45, 2.75) is 168 Å². The predicted octanol–water partition coefficient (Wildman–Crippen LogP) is -5.41. The van der Waals surface area contributed by atoms with Gasteiger partial charge in [0.2, 0.25) is 23.6 Å². The van der Waals surface area contributed by atoms with E-state index in [0.717, 1.165) is 11.8 Å². The molecule has 0 radical (unpaired) electrons. The van der Waals surface area contributed by atoms with Crippen molar-refractivity contribution >= 4 is 52.9 Å². The second kappa shape index (κ2) is 27.6.